The summed E-state index contributed by atoms with van der Waals surface area (Å²) in [5.41, 5.74) is 3.19. The number of benzene rings is 3. The maximum Gasteiger partial charge on any atom is 0.320 e. The molecule has 1 N–H and O–H groups in total. The van der Waals surface area contributed by atoms with Crippen molar-refractivity contribution in [2.45, 2.75) is 38.0 Å². The van der Waals surface area contributed by atoms with Crippen LogP contribution < -0.4 is 4.74 Å². The third-order valence-corrected chi connectivity index (χ3v) is 5.73. The Hall–Kier alpha value is -3.11. The van der Waals surface area contributed by atoms with Gasteiger partial charge in [-0.15, -0.1) is 0 Å². The molecule has 1 saturated heterocycles. The Balaban J connectivity index is 1.72. The first-order valence-electron chi connectivity index (χ1n) is 10.5. The average molecular weight is 402 g/mol. The minimum absolute atomic E-state index is 0.167. The fourth-order valence-electron chi connectivity index (χ4n) is 4.29. The van der Waals surface area contributed by atoms with Gasteiger partial charge in [-0.1, -0.05) is 85.3 Å². The zero-order valence-electron chi connectivity index (χ0n) is 17.0. The zero-order chi connectivity index (χ0) is 20.8. The lowest BCUT2D eigenvalue weighted by Gasteiger charge is -2.40. The van der Waals surface area contributed by atoms with Gasteiger partial charge in [0.2, 0.25) is 0 Å². The highest BCUT2D eigenvalue weighted by Gasteiger charge is 2.36. The van der Waals surface area contributed by atoms with Crippen molar-refractivity contribution >= 4 is 5.97 Å². The molecule has 0 saturated carbocycles. The van der Waals surface area contributed by atoms with Crippen molar-refractivity contribution in [1.29, 1.82) is 0 Å². The predicted molar refractivity (Wildman–Crippen MR) is 117 cm³/mol. The Bertz CT molecular complexity index is 958. The number of para-hydroxylation sites is 1. The normalized spacial score (nSPS) is 17.9. The number of rotatable bonds is 7. The van der Waals surface area contributed by atoms with E-state index in [-0.39, 0.29) is 6.04 Å². The molecule has 0 aliphatic carbocycles. The molecule has 3 aromatic rings. The van der Waals surface area contributed by atoms with Crippen LogP contribution in [0.4, 0.5) is 0 Å². The van der Waals surface area contributed by atoms with Crippen molar-refractivity contribution in [3.05, 3.63) is 102 Å². The number of carboxylic acids is 1. The van der Waals surface area contributed by atoms with Crippen molar-refractivity contribution in [3.8, 4) is 5.75 Å². The number of aliphatic carboxylic acids is 1. The van der Waals surface area contributed by atoms with Gasteiger partial charge < -0.3 is 9.84 Å². The monoisotopic (exact) mass is 401 g/mol. The molecule has 3 aromatic carbocycles. The van der Waals surface area contributed by atoms with Gasteiger partial charge in [0.1, 0.15) is 18.4 Å². The van der Waals surface area contributed by atoms with Gasteiger partial charge >= 0.3 is 5.97 Å². The molecule has 0 bridgehead atoms. The molecule has 0 spiro atoms. The molecule has 154 valence electrons. The minimum atomic E-state index is -0.752. The Morgan fingerprint density at radius 3 is 2.33 bits per heavy atom. The Morgan fingerprint density at radius 1 is 0.933 bits per heavy atom. The summed E-state index contributed by atoms with van der Waals surface area (Å²) in [6, 6.07) is 27.6. The molecule has 2 unspecified atom stereocenters. The fourth-order valence-corrected chi connectivity index (χ4v) is 4.29. The van der Waals surface area contributed by atoms with Crippen molar-refractivity contribution in [2.75, 3.05) is 6.54 Å². The Kier molecular flexibility index (Phi) is 6.45. The van der Waals surface area contributed by atoms with Gasteiger partial charge in [0, 0.05) is 5.56 Å². The van der Waals surface area contributed by atoms with Crippen LogP contribution in [0.15, 0.2) is 84.9 Å². The highest BCUT2D eigenvalue weighted by molar-refractivity contribution is 5.73. The van der Waals surface area contributed by atoms with Gasteiger partial charge in [0.25, 0.3) is 0 Å². The smallest absolute Gasteiger partial charge is 0.320 e. The van der Waals surface area contributed by atoms with Gasteiger partial charge in [-0.3, -0.25) is 9.69 Å². The first-order valence-corrected chi connectivity index (χ1v) is 10.5. The summed E-state index contributed by atoms with van der Waals surface area (Å²) in [4.78, 5) is 14.2. The quantitative estimate of drug-likeness (QED) is 0.584. The van der Waals surface area contributed by atoms with Crippen LogP contribution in [0.25, 0.3) is 0 Å². The maximum atomic E-state index is 12.1. The van der Waals surface area contributed by atoms with Crippen molar-refractivity contribution in [3.63, 3.8) is 0 Å². The molecule has 1 aliphatic heterocycles. The lowest BCUT2D eigenvalue weighted by atomic mass is 9.91. The molecular weight excluding hydrogens is 374 g/mol. The third-order valence-electron chi connectivity index (χ3n) is 5.73. The number of nitrogens with zero attached hydrogens (tertiary/aromatic N) is 1. The highest BCUT2D eigenvalue weighted by Crippen LogP contribution is 2.38. The van der Waals surface area contributed by atoms with Gasteiger partial charge in [-0.2, -0.15) is 0 Å². The summed E-state index contributed by atoms with van der Waals surface area (Å²) in [5.74, 6) is 0.0447. The second-order valence-electron chi connectivity index (χ2n) is 7.71. The van der Waals surface area contributed by atoms with Crippen LogP contribution in [0.2, 0.25) is 0 Å². The number of ether oxygens (including phenoxy) is 1. The average Bonchev–Trinajstić information content (AvgIpc) is 2.80. The van der Waals surface area contributed by atoms with E-state index in [0.29, 0.717) is 13.0 Å². The maximum absolute atomic E-state index is 12.1. The molecule has 4 nitrogen and oxygen atoms in total. The Morgan fingerprint density at radius 2 is 1.60 bits per heavy atom. The number of carbonyl (C=O) groups is 1. The van der Waals surface area contributed by atoms with E-state index in [2.05, 4.69) is 23.1 Å². The van der Waals surface area contributed by atoms with E-state index < -0.39 is 12.0 Å². The SMILES string of the molecule is O=C(O)C1CCCCN1C(c1ccccc1)c1ccccc1OCc1ccccc1. The summed E-state index contributed by atoms with van der Waals surface area (Å²) in [6.07, 6.45) is 2.62. The van der Waals surface area contributed by atoms with Gasteiger partial charge in [0.05, 0.1) is 6.04 Å². The highest BCUT2D eigenvalue weighted by atomic mass is 16.5. The summed E-state index contributed by atoms with van der Waals surface area (Å²) >= 11 is 0. The largest absolute Gasteiger partial charge is 0.489 e. The molecule has 1 aliphatic rings. The second kappa shape index (κ2) is 9.59. The van der Waals surface area contributed by atoms with E-state index in [1.54, 1.807) is 0 Å². The van der Waals surface area contributed by atoms with E-state index in [9.17, 15) is 9.90 Å². The van der Waals surface area contributed by atoms with Crippen molar-refractivity contribution in [1.82, 2.24) is 4.90 Å². The first kappa shape index (κ1) is 20.2. The number of hydrogen-bond acceptors (Lipinski definition) is 3. The third kappa shape index (κ3) is 4.55. The lowest BCUT2D eigenvalue weighted by molar-refractivity contribution is -0.145. The zero-order valence-corrected chi connectivity index (χ0v) is 17.0. The molecule has 30 heavy (non-hydrogen) atoms. The van der Waals surface area contributed by atoms with Crippen molar-refractivity contribution in [2.24, 2.45) is 0 Å². The van der Waals surface area contributed by atoms with Crippen LogP contribution in [0.1, 0.15) is 42.0 Å². The fraction of sp³-hybridized carbons (Fsp3) is 0.269. The predicted octanol–water partition coefficient (Wildman–Crippen LogP) is 5.29. The summed E-state index contributed by atoms with van der Waals surface area (Å²) < 4.78 is 6.24. The molecule has 0 radical (unpaired) electrons. The summed E-state index contributed by atoms with van der Waals surface area (Å²) in [6.45, 7) is 1.23. The van der Waals surface area contributed by atoms with Crippen LogP contribution in [-0.2, 0) is 11.4 Å². The van der Waals surface area contributed by atoms with E-state index >= 15 is 0 Å². The van der Waals surface area contributed by atoms with Crippen molar-refractivity contribution < 1.29 is 14.6 Å². The molecule has 2 atom stereocenters. The number of hydrogen-bond donors (Lipinski definition) is 1. The van der Waals surface area contributed by atoms with Gasteiger partial charge in [-0.25, -0.2) is 0 Å². The van der Waals surface area contributed by atoms with E-state index in [1.165, 1.54) is 0 Å². The van der Waals surface area contributed by atoms with Crippen LogP contribution in [0.3, 0.4) is 0 Å². The lowest BCUT2D eigenvalue weighted by Crippen LogP contribution is -2.46. The minimum Gasteiger partial charge on any atom is -0.489 e. The topological polar surface area (TPSA) is 49.8 Å². The number of carboxylic acid groups (broad SMARTS) is 1. The number of likely N-dealkylation sites (tertiary alicyclic amines) is 1. The van der Waals surface area contributed by atoms with Gasteiger partial charge in [0.15, 0.2) is 0 Å². The van der Waals surface area contributed by atoms with Crippen LogP contribution in [0, 0.1) is 0 Å². The van der Waals surface area contributed by atoms with Crippen LogP contribution in [0.5, 0.6) is 5.75 Å². The molecule has 4 rings (SSSR count). The van der Waals surface area contributed by atoms with E-state index in [0.717, 1.165) is 41.8 Å². The molecule has 1 heterocycles. The first-order chi connectivity index (χ1) is 14.7. The summed E-state index contributed by atoms with van der Waals surface area (Å²) in [7, 11) is 0. The molecular formula is C26H27NO3. The van der Waals surface area contributed by atoms with Gasteiger partial charge in [-0.05, 0) is 36.6 Å². The number of piperidine rings is 1. The van der Waals surface area contributed by atoms with E-state index in [1.807, 2.05) is 66.7 Å². The van der Waals surface area contributed by atoms with Crippen LogP contribution >= 0.6 is 0 Å². The summed E-state index contributed by atoms with van der Waals surface area (Å²) in [5, 5.41) is 9.90. The second-order valence-corrected chi connectivity index (χ2v) is 7.71. The molecule has 0 aromatic heterocycles. The molecule has 0 amide bonds. The standard InChI is InChI=1S/C26H27NO3/c28-26(29)23-16-9-10-18-27(23)25(21-13-5-2-6-14-21)22-15-7-8-17-24(22)30-19-20-11-3-1-4-12-20/h1-8,11-15,17,23,25H,9-10,16,18-19H2,(H,28,29). The molecule has 4 heteroatoms. The molecule has 1 fully saturated rings. The van der Waals surface area contributed by atoms with Crippen LogP contribution in [-0.4, -0.2) is 28.6 Å². The van der Waals surface area contributed by atoms with E-state index in [4.69, 9.17) is 4.74 Å². The Labute approximate surface area is 177 Å².